The van der Waals surface area contributed by atoms with Crippen LogP contribution in [0.4, 0.5) is 11.4 Å². The van der Waals surface area contributed by atoms with Gasteiger partial charge in [-0.25, -0.2) is 9.59 Å². The molecule has 2 N–H and O–H groups in total. The lowest BCUT2D eigenvalue weighted by Crippen LogP contribution is -2.21. The lowest BCUT2D eigenvalue weighted by Gasteiger charge is -2.09. The summed E-state index contributed by atoms with van der Waals surface area (Å²) >= 11 is 0. The second kappa shape index (κ2) is 16.9. The molecule has 2 amide bonds. The van der Waals surface area contributed by atoms with Crippen LogP contribution in [-0.2, 0) is 19.1 Å². The summed E-state index contributed by atoms with van der Waals surface area (Å²) in [6.07, 6.45) is 11.1. The molecule has 8 heteroatoms. The number of nitrogens with one attached hydrogen (secondary N) is 2. The SMILES string of the molecule is CCCCCCCCCCCC(=O)Nc1cccc(C(=O)OCC(=O)Nc2ccc(C(=O)OC)cc2)c1. The van der Waals surface area contributed by atoms with Gasteiger partial charge in [0.25, 0.3) is 5.91 Å². The Kier molecular flexibility index (Phi) is 13.5. The van der Waals surface area contributed by atoms with Gasteiger partial charge in [-0.3, -0.25) is 9.59 Å². The van der Waals surface area contributed by atoms with E-state index in [9.17, 15) is 19.2 Å². The molecule has 0 atom stereocenters. The Balaban J connectivity index is 1.69. The van der Waals surface area contributed by atoms with Crippen LogP contribution in [0.15, 0.2) is 48.5 Å². The molecule has 0 saturated carbocycles. The molecule has 37 heavy (non-hydrogen) atoms. The third-order valence-corrected chi connectivity index (χ3v) is 5.81. The van der Waals surface area contributed by atoms with Crippen LogP contribution in [-0.4, -0.2) is 37.5 Å². The van der Waals surface area contributed by atoms with Crippen LogP contribution in [0.2, 0.25) is 0 Å². The molecule has 0 bridgehead atoms. The van der Waals surface area contributed by atoms with Gasteiger partial charge in [-0.05, 0) is 48.9 Å². The third kappa shape index (κ3) is 11.7. The molecule has 8 nitrogen and oxygen atoms in total. The first-order chi connectivity index (χ1) is 17.9. The molecule has 0 radical (unpaired) electrons. The highest BCUT2D eigenvalue weighted by molar-refractivity contribution is 5.97. The molecule has 0 heterocycles. The van der Waals surface area contributed by atoms with E-state index in [0.29, 0.717) is 23.4 Å². The fourth-order valence-corrected chi connectivity index (χ4v) is 3.76. The lowest BCUT2D eigenvalue weighted by atomic mass is 10.1. The zero-order valence-electron chi connectivity index (χ0n) is 21.8. The van der Waals surface area contributed by atoms with Gasteiger partial charge in [-0.2, -0.15) is 0 Å². The summed E-state index contributed by atoms with van der Waals surface area (Å²) in [6, 6.07) is 12.6. The summed E-state index contributed by atoms with van der Waals surface area (Å²) in [4.78, 5) is 48.2. The van der Waals surface area contributed by atoms with Crippen molar-refractivity contribution in [2.24, 2.45) is 0 Å². The second-order valence-electron chi connectivity index (χ2n) is 8.90. The Morgan fingerprint density at radius 1 is 0.676 bits per heavy atom. The molecule has 2 rings (SSSR count). The predicted molar refractivity (Wildman–Crippen MR) is 144 cm³/mol. The van der Waals surface area contributed by atoms with Crippen molar-refractivity contribution >= 4 is 35.1 Å². The van der Waals surface area contributed by atoms with Crippen molar-refractivity contribution in [3.05, 3.63) is 59.7 Å². The number of hydrogen-bond donors (Lipinski definition) is 2. The molecule has 0 fully saturated rings. The number of unbranched alkanes of at least 4 members (excludes halogenated alkanes) is 8. The maximum atomic E-state index is 12.4. The van der Waals surface area contributed by atoms with Gasteiger partial charge in [-0.15, -0.1) is 0 Å². The largest absolute Gasteiger partial charge is 0.465 e. The van der Waals surface area contributed by atoms with Crippen LogP contribution >= 0.6 is 0 Å². The summed E-state index contributed by atoms with van der Waals surface area (Å²) < 4.78 is 9.73. The van der Waals surface area contributed by atoms with Gasteiger partial charge in [0.2, 0.25) is 5.91 Å². The van der Waals surface area contributed by atoms with Crippen LogP contribution in [0.5, 0.6) is 0 Å². The van der Waals surface area contributed by atoms with Crippen LogP contribution in [0.25, 0.3) is 0 Å². The Hall–Kier alpha value is -3.68. The summed E-state index contributed by atoms with van der Waals surface area (Å²) in [5.41, 5.74) is 1.54. The van der Waals surface area contributed by atoms with Crippen LogP contribution in [0, 0.1) is 0 Å². The number of ether oxygens (including phenoxy) is 2. The molecule has 0 saturated heterocycles. The van der Waals surface area contributed by atoms with Crippen molar-refractivity contribution in [2.45, 2.75) is 71.1 Å². The van der Waals surface area contributed by atoms with Crippen LogP contribution in [0.1, 0.15) is 91.8 Å². The molecule has 0 aromatic heterocycles. The Labute approximate surface area is 219 Å². The summed E-state index contributed by atoms with van der Waals surface area (Å²) in [6.45, 7) is 1.74. The number of anilines is 2. The van der Waals surface area contributed by atoms with Crippen molar-refractivity contribution in [1.29, 1.82) is 0 Å². The molecule has 0 unspecified atom stereocenters. The van der Waals surface area contributed by atoms with Crippen molar-refractivity contribution in [1.82, 2.24) is 0 Å². The smallest absolute Gasteiger partial charge is 0.338 e. The lowest BCUT2D eigenvalue weighted by molar-refractivity contribution is -0.119. The predicted octanol–water partition coefficient (Wildman–Crippen LogP) is 6.13. The number of benzene rings is 2. The molecular formula is C29H38N2O6. The van der Waals surface area contributed by atoms with E-state index >= 15 is 0 Å². The third-order valence-electron chi connectivity index (χ3n) is 5.81. The highest BCUT2D eigenvalue weighted by Crippen LogP contribution is 2.15. The van der Waals surface area contributed by atoms with E-state index in [2.05, 4.69) is 22.3 Å². The standard InChI is InChI=1S/C29H38N2O6/c1-3-4-5-6-7-8-9-10-11-15-26(32)31-25-14-12-13-23(20-25)29(35)37-21-27(33)30-24-18-16-22(17-19-24)28(34)36-2/h12-14,16-20H,3-11,15,21H2,1-2H3,(H,30,33)(H,31,32). The highest BCUT2D eigenvalue weighted by atomic mass is 16.5. The fourth-order valence-electron chi connectivity index (χ4n) is 3.76. The summed E-state index contributed by atoms with van der Waals surface area (Å²) in [5.74, 6) is -1.77. The Bertz CT molecular complexity index is 1020. The minimum atomic E-state index is -0.675. The highest BCUT2D eigenvalue weighted by Gasteiger charge is 2.12. The van der Waals surface area contributed by atoms with Gasteiger partial charge in [0.15, 0.2) is 6.61 Å². The van der Waals surface area contributed by atoms with E-state index in [1.54, 1.807) is 30.3 Å². The second-order valence-corrected chi connectivity index (χ2v) is 8.90. The molecule has 0 spiro atoms. The molecule has 0 aliphatic heterocycles. The van der Waals surface area contributed by atoms with Gasteiger partial charge in [0, 0.05) is 17.8 Å². The van der Waals surface area contributed by atoms with Gasteiger partial charge < -0.3 is 20.1 Å². The molecule has 0 aliphatic rings. The average molecular weight is 511 g/mol. The van der Waals surface area contributed by atoms with E-state index < -0.39 is 24.5 Å². The van der Waals surface area contributed by atoms with Crippen molar-refractivity contribution < 1.29 is 28.7 Å². The number of rotatable bonds is 16. The minimum absolute atomic E-state index is 0.0916. The average Bonchev–Trinajstić information content (AvgIpc) is 2.91. The number of methoxy groups -OCH3 is 1. The molecule has 2 aromatic carbocycles. The van der Waals surface area contributed by atoms with E-state index in [-0.39, 0.29) is 11.5 Å². The van der Waals surface area contributed by atoms with E-state index in [1.807, 2.05) is 0 Å². The van der Waals surface area contributed by atoms with Gasteiger partial charge in [-0.1, -0.05) is 64.4 Å². The first-order valence-electron chi connectivity index (χ1n) is 13.0. The van der Waals surface area contributed by atoms with E-state index in [4.69, 9.17) is 4.74 Å². The molecular weight excluding hydrogens is 472 g/mol. The topological polar surface area (TPSA) is 111 Å². The first-order valence-corrected chi connectivity index (χ1v) is 13.0. The number of esters is 2. The van der Waals surface area contributed by atoms with Crippen molar-refractivity contribution in [3.8, 4) is 0 Å². The Morgan fingerprint density at radius 3 is 1.95 bits per heavy atom. The number of amides is 2. The quantitative estimate of drug-likeness (QED) is 0.208. The van der Waals surface area contributed by atoms with Crippen molar-refractivity contribution in [3.63, 3.8) is 0 Å². The molecule has 200 valence electrons. The Morgan fingerprint density at radius 2 is 1.30 bits per heavy atom. The zero-order valence-corrected chi connectivity index (χ0v) is 21.8. The normalized spacial score (nSPS) is 10.4. The first kappa shape index (κ1) is 29.5. The van der Waals surface area contributed by atoms with E-state index in [1.165, 1.54) is 63.8 Å². The van der Waals surface area contributed by atoms with E-state index in [0.717, 1.165) is 19.3 Å². The van der Waals surface area contributed by atoms with Gasteiger partial charge in [0.1, 0.15) is 0 Å². The minimum Gasteiger partial charge on any atom is -0.465 e. The maximum Gasteiger partial charge on any atom is 0.338 e. The van der Waals surface area contributed by atoms with Gasteiger partial charge in [0.05, 0.1) is 18.2 Å². The van der Waals surface area contributed by atoms with Gasteiger partial charge >= 0.3 is 11.9 Å². The van der Waals surface area contributed by atoms with Crippen LogP contribution < -0.4 is 10.6 Å². The number of carbonyl (C=O) groups excluding carboxylic acids is 4. The summed E-state index contributed by atoms with van der Waals surface area (Å²) in [5, 5.41) is 5.41. The molecule has 0 aliphatic carbocycles. The molecule has 2 aromatic rings. The van der Waals surface area contributed by atoms with Crippen molar-refractivity contribution in [2.75, 3.05) is 24.4 Å². The fraction of sp³-hybridized carbons (Fsp3) is 0.448. The monoisotopic (exact) mass is 510 g/mol. The van der Waals surface area contributed by atoms with Crippen LogP contribution in [0.3, 0.4) is 0 Å². The summed E-state index contributed by atoms with van der Waals surface area (Å²) in [7, 11) is 1.29. The number of hydrogen-bond acceptors (Lipinski definition) is 6. The maximum absolute atomic E-state index is 12.4. The number of carbonyl (C=O) groups is 4. The zero-order chi connectivity index (χ0) is 26.9.